The van der Waals surface area contributed by atoms with E-state index in [2.05, 4.69) is 6.92 Å². The third-order valence-corrected chi connectivity index (χ3v) is 3.21. The lowest BCUT2D eigenvalue weighted by molar-refractivity contribution is -0.119. The van der Waals surface area contributed by atoms with E-state index in [1.807, 2.05) is 24.3 Å². The number of amides is 1. The van der Waals surface area contributed by atoms with E-state index in [1.54, 1.807) is 7.11 Å². The Balaban J connectivity index is 2.62. The van der Waals surface area contributed by atoms with E-state index in [9.17, 15) is 4.79 Å². The summed E-state index contributed by atoms with van der Waals surface area (Å²) in [4.78, 5) is 11.5. The Labute approximate surface area is 109 Å². The molecule has 0 aliphatic carbocycles. The second-order valence-corrected chi connectivity index (χ2v) is 4.58. The van der Waals surface area contributed by atoms with E-state index in [1.165, 1.54) is 12.8 Å². The summed E-state index contributed by atoms with van der Waals surface area (Å²) in [5, 5.41) is 0. The molecule has 0 aliphatic heterocycles. The van der Waals surface area contributed by atoms with Gasteiger partial charge >= 0.3 is 0 Å². The molecule has 0 radical (unpaired) electrons. The van der Waals surface area contributed by atoms with Crippen molar-refractivity contribution < 1.29 is 9.53 Å². The topological polar surface area (TPSA) is 52.3 Å². The first-order valence-corrected chi connectivity index (χ1v) is 6.62. The van der Waals surface area contributed by atoms with Crippen molar-refractivity contribution in [2.24, 2.45) is 5.73 Å². The zero-order chi connectivity index (χ0) is 13.4. The van der Waals surface area contributed by atoms with Crippen molar-refractivity contribution in [1.29, 1.82) is 0 Å². The van der Waals surface area contributed by atoms with Crippen LogP contribution in [0.4, 0.5) is 0 Å². The molecule has 2 N–H and O–H groups in total. The molecule has 1 atom stereocenters. The Morgan fingerprint density at radius 2 is 1.89 bits per heavy atom. The Morgan fingerprint density at radius 3 is 2.39 bits per heavy atom. The van der Waals surface area contributed by atoms with Crippen molar-refractivity contribution in [2.45, 2.75) is 44.9 Å². The minimum Gasteiger partial charge on any atom is -0.497 e. The summed E-state index contributed by atoms with van der Waals surface area (Å²) in [6.45, 7) is 2.18. The monoisotopic (exact) mass is 249 g/mol. The fraction of sp³-hybridized carbons (Fsp3) is 0.533. The third-order valence-electron chi connectivity index (χ3n) is 3.21. The molecule has 0 spiro atoms. The molecular weight excluding hydrogens is 226 g/mol. The highest BCUT2D eigenvalue weighted by Gasteiger charge is 2.17. The lowest BCUT2D eigenvalue weighted by atomic mass is 9.92. The first-order valence-electron chi connectivity index (χ1n) is 6.62. The fourth-order valence-corrected chi connectivity index (χ4v) is 2.08. The normalized spacial score (nSPS) is 12.1. The predicted octanol–water partition coefficient (Wildman–Crippen LogP) is 3.23. The van der Waals surface area contributed by atoms with Crippen molar-refractivity contribution in [3.8, 4) is 5.75 Å². The van der Waals surface area contributed by atoms with Gasteiger partial charge in [-0.3, -0.25) is 4.79 Å². The van der Waals surface area contributed by atoms with Crippen LogP contribution in [0.25, 0.3) is 0 Å². The quantitative estimate of drug-likeness (QED) is 0.719. The largest absolute Gasteiger partial charge is 0.497 e. The van der Waals surface area contributed by atoms with Gasteiger partial charge in [0.1, 0.15) is 5.75 Å². The number of benzene rings is 1. The van der Waals surface area contributed by atoms with E-state index < -0.39 is 0 Å². The molecule has 100 valence electrons. The van der Waals surface area contributed by atoms with Gasteiger partial charge in [-0.15, -0.1) is 0 Å². The van der Waals surface area contributed by atoms with E-state index in [-0.39, 0.29) is 11.8 Å². The molecule has 1 aromatic carbocycles. The molecule has 3 heteroatoms. The van der Waals surface area contributed by atoms with Gasteiger partial charge in [-0.1, -0.05) is 44.7 Å². The van der Waals surface area contributed by atoms with Crippen molar-refractivity contribution in [3.05, 3.63) is 29.8 Å². The summed E-state index contributed by atoms with van der Waals surface area (Å²) in [5.41, 5.74) is 6.47. The maximum atomic E-state index is 11.5. The molecule has 3 nitrogen and oxygen atoms in total. The van der Waals surface area contributed by atoms with E-state index in [0.29, 0.717) is 0 Å². The molecule has 1 unspecified atom stereocenters. The highest BCUT2D eigenvalue weighted by atomic mass is 16.5. The van der Waals surface area contributed by atoms with Gasteiger partial charge in [0.25, 0.3) is 0 Å². The summed E-state index contributed by atoms with van der Waals surface area (Å²) < 4.78 is 5.11. The Morgan fingerprint density at radius 1 is 1.22 bits per heavy atom. The highest BCUT2D eigenvalue weighted by Crippen LogP contribution is 2.24. The number of nitrogens with two attached hydrogens (primary N) is 1. The number of carbonyl (C=O) groups excluding carboxylic acids is 1. The van der Waals surface area contributed by atoms with Gasteiger partial charge in [-0.05, 0) is 24.1 Å². The fourth-order valence-electron chi connectivity index (χ4n) is 2.08. The predicted molar refractivity (Wildman–Crippen MR) is 73.7 cm³/mol. The van der Waals surface area contributed by atoms with Crippen LogP contribution in [0.2, 0.25) is 0 Å². The molecule has 0 saturated heterocycles. The molecule has 0 heterocycles. The molecule has 0 saturated carbocycles. The number of rotatable bonds is 8. The van der Waals surface area contributed by atoms with Crippen LogP contribution >= 0.6 is 0 Å². The SMILES string of the molecule is CCCCCCC(C(N)=O)c1ccc(OC)cc1. The van der Waals surface area contributed by atoms with Gasteiger partial charge in [0.15, 0.2) is 0 Å². The molecule has 1 rings (SSSR count). The Kier molecular flexibility index (Phi) is 6.26. The standard InChI is InChI=1S/C15H23NO2/c1-3-4-5-6-7-14(15(16)17)12-8-10-13(18-2)11-9-12/h8-11,14H,3-7H2,1-2H3,(H2,16,17). The van der Waals surface area contributed by atoms with Crippen LogP contribution in [-0.4, -0.2) is 13.0 Å². The summed E-state index contributed by atoms with van der Waals surface area (Å²) in [6.07, 6.45) is 5.46. The summed E-state index contributed by atoms with van der Waals surface area (Å²) >= 11 is 0. The van der Waals surface area contributed by atoms with Gasteiger partial charge in [0.2, 0.25) is 5.91 Å². The summed E-state index contributed by atoms with van der Waals surface area (Å²) in [7, 11) is 1.63. The zero-order valence-corrected chi connectivity index (χ0v) is 11.3. The highest BCUT2D eigenvalue weighted by molar-refractivity contribution is 5.81. The smallest absolute Gasteiger partial charge is 0.224 e. The van der Waals surface area contributed by atoms with E-state index >= 15 is 0 Å². The minimum atomic E-state index is -0.239. The number of hydrogen-bond acceptors (Lipinski definition) is 2. The van der Waals surface area contributed by atoms with Crippen molar-refractivity contribution >= 4 is 5.91 Å². The van der Waals surface area contributed by atoms with Crippen LogP contribution in [0.5, 0.6) is 5.75 Å². The van der Waals surface area contributed by atoms with E-state index in [0.717, 1.165) is 30.6 Å². The van der Waals surface area contributed by atoms with Gasteiger partial charge in [-0.2, -0.15) is 0 Å². The average molecular weight is 249 g/mol. The van der Waals surface area contributed by atoms with Crippen molar-refractivity contribution in [3.63, 3.8) is 0 Å². The number of hydrogen-bond donors (Lipinski definition) is 1. The second kappa shape index (κ2) is 7.75. The molecular formula is C15H23NO2. The third kappa shape index (κ3) is 4.40. The molecule has 0 aromatic heterocycles. The molecule has 0 aliphatic rings. The van der Waals surface area contributed by atoms with Crippen molar-refractivity contribution in [2.75, 3.05) is 7.11 Å². The summed E-state index contributed by atoms with van der Waals surface area (Å²) in [5.74, 6) is 0.386. The molecule has 1 amide bonds. The number of ether oxygens (including phenoxy) is 1. The minimum absolute atomic E-state index is 0.173. The first-order chi connectivity index (χ1) is 8.69. The van der Waals surface area contributed by atoms with Crippen LogP contribution in [0, 0.1) is 0 Å². The lowest BCUT2D eigenvalue weighted by Crippen LogP contribution is -2.21. The first kappa shape index (κ1) is 14.6. The molecule has 0 bridgehead atoms. The van der Waals surface area contributed by atoms with Crippen LogP contribution in [0.1, 0.15) is 50.5 Å². The Bertz CT molecular complexity index is 359. The van der Waals surface area contributed by atoms with E-state index in [4.69, 9.17) is 10.5 Å². The zero-order valence-electron chi connectivity index (χ0n) is 11.3. The maximum Gasteiger partial charge on any atom is 0.224 e. The lowest BCUT2D eigenvalue weighted by Gasteiger charge is -2.14. The van der Waals surface area contributed by atoms with Gasteiger partial charge in [0.05, 0.1) is 13.0 Å². The molecule has 1 aromatic rings. The van der Waals surface area contributed by atoms with Crippen LogP contribution in [-0.2, 0) is 4.79 Å². The van der Waals surface area contributed by atoms with Gasteiger partial charge in [0, 0.05) is 0 Å². The molecule has 18 heavy (non-hydrogen) atoms. The van der Waals surface area contributed by atoms with Crippen molar-refractivity contribution in [1.82, 2.24) is 0 Å². The maximum absolute atomic E-state index is 11.5. The van der Waals surface area contributed by atoms with Gasteiger partial charge < -0.3 is 10.5 Å². The molecule has 0 fully saturated rings. The second-order valence-electron chi connectivity index (χ2n) is 4.58. The van der Waals surface area contributed by atoms with Crippen LogP contribution in [0.15, 0.2) is 24.3 Å². The van der Waals surface area contributed by atoms with Crippen LogP contribution in [0.3, 0.4) is 0 Å². The number of methoxy groups -OCH3 is 1. The van der Waals surface area contributed by atoms with Crippen LogP contribution < -0.4 is 10.5 Å². The number of unbranched alkanes of at least 4 members (excludes halogenated alkanes) is 3. The average Bonchev–Trinajstić information content (AvgIpc) is 2.39. The number of primary amides is 1. The number of carbonyl (C=O) groups is 1. The van der Waals surface area contributed by atoms with Gasteiger partial charge in [-0.25, -0.2) is 0 Å². The summed E-state index contributed by atoms with van der Waals surface area (Å²) in [6, 6.07) is 7.59. The Hall–Kier alpha value is -1.51.